The monoisotopic (exact) mass is 303 g/mol. The van der Waals surface area contributed by atoms with E-state index in [-0.39, 0.29) is 0 Å². The Morgan fingerprint density at radius 3 is 2.82 bits per heavy atom. The SMILES string of the molecule is CN=C(NCCCc1cnn(C)c1)NCCC1=CCCCC1. The van der Waals surface area contributed by atoms with Crippen molar-refractivity contribution in [3.63, 3.8) is 0 Å². The Bertz CT molecular complexity index is 501. The van der Waals surface area contributed by atoms with Gasteiger partial charge in [-0.1, -0.05) is 11.6 Å². The van der Waals surface area contributed by atoms with Crippen molar-refractivity contribution in [3.05, 3.63) is 29.6 Å². The van der Waals surface area contributed by atoms with Crippen LogP contribution in [0.2, 0.25) is 0 Å². The molecule has 2 N–H and O–H groups in total. The molecule has 0 amide bonds. The minimum Gasteiger partial charge on any atom is -0.356 e. The van der Waals surface area contributed by atoms with Gasteiger partial charge in [-0.05, 0) is 50.5 Å². The molecule has 1 aliphatic carbocycles. The van der Waals surface area contributed by atoms with Crippen molar-refractivity contribution in [1.29, 1.82) is 0 Å². The zero-order valence-electron chi connectivity index (χ0n) is 13.9. The molecule has 1 aliphatic rings. The van der Waals surface area contributed by atoms with E-state index in [4.69, 9.17) is 0 Å². The molecule has 0 radical (unpaired) electrons. The molecule has 5 heteroatoms. The van der Waals surface area contributed by atoms with Crippen LogP contribution in [0.3, 0.4) is 0 Å². The number of aryl methyl sites for hydroxylation is 2. The van der Waals surface area contributed by atoms with E-state index in [0.717, 1.165) is 38.3 Å². The average molecular weight is 303 g/mol. The maximum absolute atomic E-state index is 4.28. The predicted octanol–water partition coefficient (Wildman–Crippen LogP) is 2.41. The first kappa shape index (κ1) is 16.6. The lowest BCUT2D eigenvalue weighted by Crippen LogP contribution is -2.38. The maximum Gasteiger partial charge on any atom is 0.190 e. The molecule has 0 aromatic carbocycles. The predicted molar refractivity (Wildman–Crippen MR) is 92.1 cm³/mol. The number of nitrogens with one attached hydrogen (secondary N) is 2. The Labute approximate surface area is 133 Å². The first-order valence-corrected chi connectivity index (χ1v) is 8.38. The van der Waals surface area contributed by atoms with Gasteiger partial charge in [0, 0.05) is 33.4 Å². The molecule has 0 unspecified atom stereocenters. The van der Waals surface area contributed by atoms with Crippen molar-refractivity contribution in [1.82, 2.24) is 20.4 Å². The first-order valence-electron chi connectivity index (χ1n) is 8.38. The fourth-order valence-electron chi connectivity index (χ4n) is 2.79. The van der Waals surface area contributed by atoms with E-state index in [0.29, 0.717) is 0 Å². The molecule has 0 spiro atoms. The molecule has 0 saturated carbocycles. The van der Waals surface area contributed by atoms with Crippen molar-refractivity contribution >= 4 is 5.96 Å². The molecule has 1 aromatic rings. The van der Waals surface area contributed by atoms with Crippen molar-refractivity contribution in [2.24, 2.45) is 12.0 Å². The summed E-state index contributed by atoms with van der Waals surface area (Å²) >= 11 is 0. The fraction of sp³-hybridized carbons (Fsp3) is 0.647. The van der Waals surface area contributed by atoms with Crippen LogP contribution in [-0.2, 0) is 13.5 Å². The van der Waals surface area contributed by atoms with E-state index >= 15 is 0 Å². The van der Waals surface area contributed by atoms with Gasteiger partial charge >= 0.3 is 0 Å². The minimum absolute atomic E-state index is 0.905. The molecule has 2 rings (SSSR count). The Morgan fingerprint density at radius 1 is 1.27 bits per heavy atom. The Morgan fingerprint density at radius 2 is 2.14 bits per heavy atom. The number of hydrogen-bond acceptors (Lipinski definition) is 2. The lowest BCUT2D eigenvalue weighted by Gasteiger charge is -2.15. The quantitative estimate of drug-likeness (QED) is 0.352. The lowest BCUT2D eigenvalue weighted by molar-refractivity contribution is 0.664. The van der Waals surface area contributed by atoms with Crippen molar-refractivity contribution in [3.8, 4) is 0 Å². The highest BCUT2D eigenvalue weighted by Gasteiger charge is 2.04. The van der Waals surface area contributed by atoms with Crippen LogP contribution < -0.4 is 10.6 Å². The fourth-order valence-corrected chi connectivity index (χ4v) is 2.79. The zero-order chi connectivity index (χ0) is 15.6. The summed E-state index contributed by atoms with van der Waals surface area (Å²) in [5, 5.41) is 11.0. The summed E-state index contributed by atoms with van der Waals surface area (Å²) < 4.78 is 1.85. The molecular formula is C17H29N5. The summed E-state index contributed by atoms with van der Waals surface area (Å²) in [4.78, 5) is 4.28. The van der Waals surface area contributed by atoms with Gasteiger partial charge in [-0.15, -0.1) is 0 Å². The molecule has 22 heavy (non-hydrogen) atoms. The molecular weight excluding hydrogens is 274 g/mol. The van der Waals surface area contributed by atoms with Gasteiger partial charge < -0.3 is 10.6 Å². The third kappa shape index (κ3) is 5.92. The largest absolute Gasteiger partial charge is 0.356 e. The minimum atomic E-state index is 0.905. The van der Waals surface area contributed by atoms with Crippen LogP contribution in [0, 0.1) is 0 Å². The van der Waals surface area contributed by atoms with Gasteiger partial charge in [-0.25, -0.2) is 0 Å². The molecule has 0 bridgehead atoms. The molecule has 5 nitrogen and oxygen atoms in total. The topological polar surface area (TPSA) is 54.2 Å². The summed E-state index contributed by atoms with van der Waals surface area (Å²) in [6.07, 6.45) is 14.9. The number of aliphatic imine (C=N–C) groups is 1. The number of guanidine groups is 1. The van der Waals surface area contributed by atoms with Gasteiger partial charge in [0.15, 0.2) is 5.96 Å². The Kier molecular flexibility index (Phi) is 7.00. The van der Waals surface area contributed by atoms with Gasteiger partial charge in [0.25, 0.3) is 0 Å². The van der Waals surface area contributed by atoms with E-state index in [1.165, 1.54) is 31.2 Å². The van der Waals surface area contributed by atoms with Crippen LogP contribution in [-0.4, -0.2) is 35.9 Å². The standard InChI is InChI=1S/C17H29N5/c1-18-17(20-12-10-15-7-4-3-5-8-15)19-11-6-9-16-13-21-22(2)14-16/h7,13-14H,3-6,8-12H2,1-2H3,(H2,18,19,20). The van der Waals surface area contributed by atoms with E-state index < -0.39 is 0 Å². The maximum atomic E-state index is 4.28. The smallest absolute Gasteiger partial charge is 0.190 e. The number of allylic oxidation sites excluding steroid dienone is 1. The van der Waals surface area contributed by atoms with Gasteiger partial charge in [0.05, 0.1) is 6.20 Å². The molecule has 1 heterocycles. The molecule has 0 atom stereocenters. The highest BCUT2D eigenvalue weighted by molar-refractivity contribution is 5.79. The Hall–Kier alpha value is -1.78. The second-order valence-corrected chi connectivity index (χ2v) is 5.91. The number of hydrogen-bond donors (Lipinski definition) is 2. The number of aromatic nitrogens is 2. The number of nitrogens with zero attached hydrogens (tertiary/aromatic N) is 3. The zero-order valence-corrected chi connectivity index (χ0v) is 13.9. The summed E-state index contributed by atoms with van der Waals surface area (Å²) in [5.74, 6) is 0.905. The molecule has 0 fully saturated rings. The summed E-state index contributed by atoms with van der Waals surface area (Å²) in [6, 6.07) is 0. The second kappa shape index (κ2) is 9.28. The van der Waals surface area contributed by atoms with Crippen LogP contribution in [0.25, 0.3) is 0 Å². The third-order valence-electron chi connectivity index (χ3n) is 4.04. The highest BCUT2D eigenvalue weighted by atomic mass is 15.2. The van der Waals surface area contributed by atoms with E-state index in [9.17, 15) is 0 Å². The van der Waals surface area contributed by atoms with E-state index in [2.05, 4.69) is 33.0 Å². The summed E-state index contributed by atoms with van der Waals surface area (Å²) in [5.41, 5.74) is 2.89. The van der Waals surface area contributed by atoms with Crippen molar-refractivity contribution in [2.45, 2.75) is 44.9 Å². The molecule has 1 aromatic heterocycles. The van der Waals surface area contributed by atoms with Gasteiger partial charge in [0.1, 0.15) is 0 Å². The van der Waals surface area contributed by atoms with Crippen LogP contribution in [0.1, 0.15) is 44.1 Å². The highest BCUT2D eigenvalue weighted by Crippen LogP contribution is 2.19. The van der Waals surface area contributed by atoms with E-state index in [1.54, 1.807) is 5.57 Å². The van der Waals surface area contributed by atoms with Gasteiger partial charge in [-0.2, -0.15) is 5.10 Å². The molecule has 0 aliphatic heterocycles. The van der Waals surface area contributed by atoms with Crippen LogP contribution in [0.5, 0.6) is 0 Å². The second-order valence-electron chi connectivity index (χ2n) is 5.91. The van der Waals surface area contributed by atoms with Crippen LogP contribution in [0.4, 0.5) is 0 Å². The first-order chi connectivity index (χ1) is 10.8. The van der Waals surface area contributed by atoms with Crippen LogP contribution in [0.15, 0.2) is 29.0 Å². The summed E-state index contributed by atoms with van der Waals surface area (Å²) in [7, 11) is 3.78. The Balaban J connectivity index is 1.57. The van der Waals surface area contributed by atoms with Gasteiger partial charge in [0.2, 0.25) is 0 Å². The molecule has 122 valence electrons. The van der Waals surface area contributed by atoms with Crippen molar-refractivity contribution < 1.29 is 0 Å². The van der Waals surface area contributed by atoms with Gasteiger partial charge in [-0.3, -0.25) is 9.67 Å². The third-order valence-corrected chi connectivity index (χ3v) is 4.04. The lowest BCUT2D eigenvalue weighted by atomic mass is 9.97. The van der Waals surface area contributed by atoms with E-state index in [1.807, 2.05) is 25.0 Å². The summed E-state index contributed by atoms with van der Waals surface area (Å²) in [6.45, 7) is 1.89. The number of rotatable bonds is 7. The molecule has 0 saturated heterocycles. The normalized spacial score (nSPS) is 15.5. The average Bonchev–Trinajstić information content (AvgIpc) is 2.96. The van der Waals surface area contributed by atoms with Crippen LogP contribution >= 0.6 is 0 Å². The van der Waals surface area contributed by atoms with Crippen molar-refractivity contribution in [2.75, 3.05) is 20.1 Å².